The van der Waals surface area contributed by atoms with Gasteiger partial charge in [0.2, 0.25) is 0 Å². The molecule has 0 aliphatic carbocycles. The van der Waals surface area contributed by atoms with E-state index in [2.05, 4.69) is 9.99 Å². The van der Waals surface area contributed by atoms with E-state index >= 15 is 0 Å². The zero-order valence-corrected chi connectivity index (χ0v) is 5.13. The molecule has 0 radical (unpaired) electrons. The Kier molecular flexibility index (Phi) is 1.81. The van der Waals surface area contributed by atoms with Crippen LogP contribution >= 0.6 is 0 Å². The highest BCUT2D eigenvalue weighted by molar-refractivity contribution is 5.09. The molecule has 50 valence electrons. The number of hydrogen-bond acceptors (Lipinski definition) is 4. The second-order valence-electron chi connectivity index (χ2n) is 1.72. The van der Waals surface area contributed by atoms with Gasteiger partial charge in [-0.25, -0.2) is 5.90 Å². The third-order valence-corrected chi connectivity index (χ3v) is 1.09. The number of nitrogens with two attached hydrogens (primary N) is 1. The largest absolute Gasteiger partial charge is 0.361 e. The van der Waals surface area contributed by atoms with Gasteiger partial charge in [-0.1, -0.05) is 5.16 Å². The fourth-order valence-corrected chi connectivity index (χ4v) is 0.547. The van der Waals surface area contributed by atoms with Gasteiger partial charge < -0.3 is 4.52 Å². The first-order valence-electron chi connectivity index (χ1n) is 2.56. The summed E-state index contributed by atoms with van der Waals surface area (Å²) in [7, 11) is 0. The topological polar surface area (TPSA) is 61.3 Å². The Morgan fingerprint density at radius 2 is 2.67 bits per heavy atom. The van der Waals surface area contributed by atoms with Crippen molar-refractivity contribution in [1.82, 2.24) is 5.16 Å². The zero-order chi connectivity index (χ0) is 6.69. The van der Waals surface area contributed by atoms with Crippen LogP contribution in [0.3, 0.4) is 0 Å². The number of hydrogen-bond donors (Lipinski definition) is 1. The number of aromatic nitrogens is 1. The minimum Gasteiger partial charge on any atom is -0.361 e. The van der Waals surface area contributed by atoms with Crippen LogP contribution < -0.4 is 5.90 Å². The fourth-order valence-electron chi connectivity index (χ4n) is 0.547. The summed E-state index contributed by atoms with van der Waals surface area (Å²) in [5.74, 6) is 5.57. The quantitative estimate of drug-likeness (QED) is 0.584. The van der Waals surface area contributed by atoms with Crippen LogP contribution in [0.1, 0.15) is 11.3 Å². The summed E-state index contributed by atoms with van der Waals surface area (Å²) >= 11 is 0. The van der Waals surface area contributed by atoms with Crippen LogP contribution in [0.5, 0.6) is 0 Å². The molecule has 0 saturated carbocycles. The molecule has 1 rings (SSSR count). The molecular formula is C5H8N2O2. The van der Waals surface area contributed by atoms with Gasteiger partial charge in [0.1, 0.15) is 5.76 Å². The smallest absolute Gasteiger partial charge is 0.139 e. The molecule has 0 bridgehead atoms. The Morgan fingerprint density at radius 1 is 1.89 bits per heavy atom. The molecule has 0 aromatic carbocycles. The van der Waals surface area contributed by atoms with Crippen molar-refractivity contribution < 1.29 is 9.36 Å². The standard InChI is InChI=1S/C5H8N2O2/c1-4-5(3-8-6)2-7-9-4/h2H,3,6H2,1H3. The van der Waals surface area contributed by atoms with Crippen LogP contribution in [0.2, 0.25) is 0 Å². The lowest BCUT2D eigenvalue weighted by molar-refractivity contribution is 0.123. The predicted octanol–water partition coefficient (Wildman–Crippen LogP) is 0.373. The van der Waals surface area contributed by atoms with E-state index in [1.54, 1.807) is 13.1 Å². The fraction of sp³-hybridized carbons (Fsp3) is 0.400. The van der Waals surface area contributed by atoms with E-state index in [1.165, 1.54) is 0 Å². The lowest BCUT2D eigenvalue weighted by atomic mass is 10.3. The molecule has 1 aromatic rings. The summed E-state index contributed by atoms with van der Waals surface area (Å²) in [6.45, 7) is 2.16. The van der Waals surface area contributed by atoms with E-state index in [4.69, 9.17) is 10.4 Å². The molecule has 4 nitrogen and oxygen atoms in total. The van der Waals surface area contributed by atoms with E-state index in [-0.39, 0.29) is 0 Å². The predicted molar refractivity (Wildman–Crippen MR) is 30.2 cm³/mol. The Hall–Kier alpha value is -0.870. The monoisotopic (exact) mass is 128 g/mol. The van der Waals surface area contributed by atoms with Crippen molar-refractivity contribution in [2.75, 3.05) is 0 Å². The zero-order valence-electron chi connectivity index (χ0n) is 5.13. The molecule has 0 fully saturated rings. The lowest BCUT2D eigenvalue weighted by Crippen LogP contribution is -1.98. The summed E-state index contributed by atoms with van der Waals surface area (Å²) in [6.07, 6.45) is 1.59. The summed E-state index contributed by atoms with van der Waals surface area (Å²) < 4.78 is 4.73. The first-order valence-corrected chi connectivity index (χ1v) is 2.56. The molecule has 0 atom stereocenters. The molecule has 0 saturated heterocycles. The lowest BCUT2D eigenvalue weighted by Gasteiger charge is -1.90. The normalized spacial score (nSPS) is 10.0. The molecule has 0 spiro atoms. The van der Waals surface area contributed by atoms with Gasteiger partial charge in [-0.15, -0.1) is 0 Å². The van der Waals surface area contributed by atoms with Crippen LogP contribution in [0, 0.1) is 6.92 Å². The van der Waals surface area contributed by atoms with Crippen molar-refractivity contribution in [2.24, 2.45) is 5.90 Å². The Labute approximate surface area is 52.5 Å². The van der Waals surface area contributed by atoms with Crippen LogP contribution in [-0.4, -0.2) is 5.16 Å². The van der Waals surface area contributed by atoms with Crippen LogP contribution in [0.15, 0.2) is 10.7 Å². The molecule has 1 heterocycles. The molecule has 1 aromatic heterocycles. The van der Waals surface area contributed by atoms with E-state index in [0.29, 0.717) is 6.61 Å². The van der Waals surface area contributed by atoms with Gasteiger partial charge in [0.05, 0.1) is 12.8 Å². The van der Waals surface area contributed by atoms with Crippen LogP contribution in [-0.2, 0) is 11.4 Å². The summed E-state index contributed by atoms with van der Waals surface area (Å²) in [5, 5.41) is 3.53. The highest BCUT2D eigenvalue weighted by Gasteiger charge is 1.99. The highest BCUT2D eigenvalue weighted by atomic mass is 16.6. The van der Waals surface area contributed by atoms with Crippen molar-refractivity contribution in [2.45, 2.75) is 13.5 Å². The van der Waals surface area contributed by atoms with Gasteiger partial charge in [0.15, 0.2) is 0 Å². The average Bonchev–Trinajstić information content (AvgIpc) is 2.18. The van der Waals surface area contributed by atoms with Gasteiger partial charge in [-0.05, 0) is 6.92 Å². The molecule has 0 amide bonds. The summed E-state index contributed by atoms with van der Waals surface area (Å²) in [5.41, 5.74) is 0.887. The second-order valence-corrected chi connectivity index (χ2v) is 1.72. The maximum Gasteiger partial charge on any atom is 0.139 e. The van der Waals surface area contributed by atoms with Crippen molar-refractivity contribution in [3.8, 4) is 0 Å². The molecule has 4 heteroatoms. The van der Waals surface area contributed by atoms with Crippen molar-refractivity contribution >= 4 is 0 Å². The molecule has 9 heavy (non-hydrogen) atoms. The first kappa shape index (κ1) is 6.25. The average molecular weight is 128 g/mol. The Morgan fingerprint density at radius 3 is 3.11 bits per heavy atom. The van der Waals surface area contributed by atoms with E-state index in [0.717, 1.165) is 11.3 Å². The van der Waals surface area contributed by atoms with Gasteiger partial charge in [-0.2, -0.15) is 0 Å². The molecule has 0 unspecified atom stereocenters. The maximum atomic E-state index is 4.82. The van der Waals surface area contributed by atoms with E-state index < -0.39 is 0 Å². The number of nitrogens with zero attached hydrogens (tertiary/aromatic N) is 1. The number of rotatable bonds is 2. The van der Waals surface area contributed by atoms with Gasteiger partial charge >= 0.3 is 0 Å². The van der Waals surface area contributed by atoms with Gasteiger partial charge in [0, 0.05) is 5.56 Å². The first-order chi connectivity index (χ1) is 4.34. The Balaban J connectivity index is 2.69. The number of aryl methyl sites for hydroxylation is 1. The second kappa shape index (κ2) is 2.61. The minimum absolute atomic E-state index is 0.356. The van der Waals surface area contributed by atoms with Gasteiger partial charge in [-0.3, -0.25) is 4.84 Å². The highest BCUT2D eigenvalue weighted by Crippen LogP contribution is 2.05. The summed E-state index contributed by atoms with van der Waals surface area (Å²) in [6, 6.07) is 0. The van der Waals surface area contributed by atoms with Crippen LogP contribution in [0.4, 0.5) is 0 Å². The summed E-state index contributed by atoms with van der Waals surface area (Å²) in [4.78, 5) is 4.37. The van der Waals surface area contributed by atoms with E-state index in [1.807, 2.05) is 0 Å². The Bertz CT molecular complexity index is 185. The third kappa shape index (κ3) is 1.28. The SMILES string of the molecule is Cc1oncc1CON. The molecule has 0 aliphatic heterocycles. The van der Waals surface area contributed by atoms with Crippen molar-refractivity contribution in [3.63, 3.8) is 0 Å². The van der Waals surface area contributed by atoms with Crippen LogP contribution in [0.25, 0.3) is 0 Å². The maximum absolute atomic E-state index is 4.82. The van der Waals surface area contributed by atoms with Gasteiger partial charge in [0.25, 0.3) is 0 Å². The molecule has 0 aliphatic rings. The van der Waals surface area contributed by atoms with Crippen molar-refractivity contribution in [1.29, 1.82) is 0 Å². The molecular weight excluding hydrogens is 120 g/mol. The van der Waals surface area contributed by atoms with E-state index in [9.17, 15) is 0 Å². The third-order valence-electron chi connectivity index (χ3n) is 1.09. The minimum atomic E-state index is 0.356. The van der Waals surface area contributed by atoms with Crippen molar-refractivity contribution in [3.05, 3.63) is 17.5 Å². The molecule has 2 N–H and O–H groups in total.